The molecule has 0 saturated heterocycles. The van der Waals surface area contributed by atoms with Gasteiger partial charge in [0.1, 0.15) is 23.5 Å². The van der Waals surface area contributed by atoms with Crippen molar-refractivity contribution in [3.05, 3.63) is 59.7 Å². The zero-order valence-electron chi connectivity index (χ0n) is 13.3. The van der Waals surface area contributed by atoms with Gasteiger partial charge in [-0.2, -0.15) is 0 Å². The molecule has 2 aromatic rings. The van der Waals surface area contributed by atoms with Crippen molar-refractivity contribution in [3.63, 3.8) is 0 Å². The van der Waals surface area contributed by atoms with Crippen molar-refractivity contribution >= 4 is 17.7 Å². The molecule has 2 heteroatoms. The quantitative estimate of drug-likeness (QED) is 0.744. The third-order valence-electron chi connectivity index (χ3n) is 4.26. The molecule has 1 aliphatic rings. The van der Waals surface area contributed by atoms with Crippen molar-refractivity contribution < 1.29 is 4.58 Å². The van der Waals surface area contributed by atoms with Crippen molar-refractivity contribution in [2.45, 2.75) is 33.2 Å². The summed E-state index contributed by atoms with van der Waals surface area (Å²) in [6.45, 7) is 9.94. The number of rotatable bonds is 2. The molecule has 21 heavy (non-hydrogen) atoms. The highest BCUT2D eigenvalue weighted by atomic mass is 15.3. The Morgan fingerprint density at radius 2 is 1.52 bits per heavy atom. The molecule has 0 amide bonds. The van der Waals surface area contributed by atoms with Crippen molar-refractivity contribution in [1.82, 2.24) is 0 Å². The van der Waals surface area contributed by atoms with Gasteiger partial charge < -0.3 is 0 Å². The first kappa shape index (κ1) is 13.9. The van der Waals surface area contributed by atoms with Gasteiger partial charge in [0.25, 0.3) is 0 Å². The average Bonchev–Trinajstić information content (AvgIpc) is 2.75. The molecule has 3 rings (SSSR count). The summed E-state index contributed by atoms with van der Waals surface area (Å²) in [5.41, 5.74) is 5.29. The Labute approximate surface area is 127 Å². The number of anilines is 1. The number of hydrogen-bond acceptors (Lipinski definition) is 1. The zero-order chi connectivity index (χ0) is 15.0. The molecular formula is C19H23N2+. The van der Waals surface area contributed by atoms with Gasteiger partial charge in [-0.3, -0.25) is 0 Å². The van der Waals surface area contributed by atoms with Gasteiger partial charge in [-0.15, -0.1) is 0 Å². The fraction of sp³-hybridized carbons (Fsp3) is 0.316. The Balaban J connectivity index is 2.06. The van der Waals surface area contributed by atoms with Crippen LogP contribution in [0.3, 0.4) is 0 Å². The Bertz CT molecular complexity index is 698. The van der Waals surface area contributed by atoms with E-state index in [4.69, 9.17) is 0 Å². The molecule has 108 valence electrons. The van der Waals surface area contributed by atoms with Gasteiger partial charge in [-0.05, 0) is 51.0 Å². The minimum atomic E-state index is 0.0778. The van der Waals surface area contributed by atoms with Crippen molar-refractivity contribution in [2.75, 3.05) is 11.4 Å². The highest BCUT2D eigenvalue weighted by Crippen LogP contribution is 2.32. The van der Waals surface area contributed by atoms with Crippen LogP contribution < -0.4 is 4.90 Å². The summed E-state index contributed by atoms with van der Waals surface area (Å²) in [6, 6.07) is 17.2. The second kappa shape index (κ2) is 5.03. The average molecular weight is 279 g/mol. The molecule has 2 aromatic carbocycles. The van der Waals surface area contributed by atoms with E-state index in [2.05, 4.69) is 92.0 Å². The van der Waals surface area contributed by atoms with Crippen LogP contribution in [0.2, 0.25) is 0 Å². The Kier molecular flexibility index (Phi) is 3.32. The first-order chi connectivity index (χ1) is 9.99. The monoisotopic (exact) mass is 279 g/mol. The van der Waals surface area contributed by atoms with Gasteiger partial charge in [0.05, 0.1) is 0 Å². The molecular weight excluding hydrogens is 256 g/mol. The molecule has 0 aliphatic carbocycles. The lowest BCUT2D eigenvalue weighted by molar-refractivity contribution is -0.433. The molecule has 0 N–H and O–H groups in total. The van der Waals surface area contributed by atoms with Crippen molar-refractivity contribution in [2.24, 2.45) is 0 Å². The van der Waals surface area contributed by atoms with Gasteiger partial charge in [0.15, 0.2) is 0 Å². The summed E-state index contributed by atoms with van der Waals surface area (Å²) >= 11 is 0. The zero-order valence-corrected chi connectivity index (χ0v) is 13.3. The summed E-state index contributed by atoms with van der Waals surface area (Å²) < 4.78 is 2.36. The standard InChI is InChI=1S/C19H23N2/c1-15-9-5-7-11-17(15)20-13-19(3,4)21(14-20)18-12-8-6-10-16(18)2/h5-12,14H,13H2,1-4H3/q+1. The second-order valence-electron chi connectivity index (χ2n) is 6.50. The van der Waals surface area contributed by atoms with Gasteiger partial charge in [0.2, 0.25) is 6.34 Å². The van der Waals surface area contributed by atoms with Gasteiger partial charge in [0, 0.05) is 0 Å². The normalized spacial score (nSPS) is 17.0. The number of hydrogen-bond donors (Lipinski definition) is 0. The Morgan fingerprint density at radius 3 is 2.19 bits per heavy atom. The molecule has 0 spiro atoms. The second-order valence-corrected chi connectivity index (χ2v) is 6.50. The third kappa shape index (κ3) is 2.46. The first-order valence-electron chi connectivity index (χ1n) is 7.51. The van der Waals surface area contributed by atoms with Gasteiger partial charge in [-0.25, -0.2) is 9.48 Å². The molecule has 0 unspecified atom stereocenters. The number of benzene rings is 2. The van der Waals surface area contributed by atoms with Gasteiger partial charge >= 0.3 is 0 Å². The van der Waals surface area contributed by atoms with Crippen LogP contribution in [0.1, 0.15) is 25.0 Å². The van der Waals surface area contributed by atoms with E-state index < -0.39 is 0 Å². The van der Waals surface area contributed by atoms with E-state index in [0.717, 1.165) is 6.54 Å². The molecule has 0 atom stereocenters. The van der Waals surface area contributed by atoms with E-state index in [-0.39, 0.29) is 5.54 Å². The molecule has 0 radical (unpaired) electrons. The van der Waals surface area contributed by atoms with Crippen LogP contribution in [-0.2, 0) is 0 Å². The van der Waals surface area contributed by atoms with Crippen molar-refractivity contribution in [3.8, 4) is 0 Å². The summed E-state index contributed by atoms with van der Waals surface area (Å²) in [5.74, 6) is 0. The molecule has 2 nitrogen and oxygen atoms in total. The smallest absolute Gasteiger partial charge is 0.229 e. The van der Waals surface area contributed by atoms with E-state index in [1.54, 1.807) is 0 Å². The minimum Gasteiger partial charge on any atom is -0.229 e. The lowest BCUT2D eigenvalue weighted by Gasteiger charge is -2.24. The van der Waals surface area contributed by atoms with Crippen LogP contribution in [0.4, 0.5) is 11.4 Å². The van der Waals surface area contributed by atoms with E-state index in [1.807, 2.05) is 0 Å². The van der Waals surface area contributed by atoms with Crippen LogP contribution >= 0.6 is 0 Å². The number of para-hydroxylation sites is 2. The highest BCUT2D eigenvalue weighted by molar-refractivity contribution is 5.82. The maximum absolute atomic E-state index is 2.40. The number of aryl methyl sites for hydroxylation is 2. The largest absolute Gasteiger partial charge is 0.245 e. The summed E-state index contributed by atoms with van der Waals surface area (Å²) in [7, 11) is 0. The van der Waals surface area contributed by atoms with E-state index in [1.165, 1.54) is 22.5 Å². The fourth-order valence-electron chi connectivity index (χ4n) is 3.08. The van der Waals surface area contributed by atoms with Crippen LogP contribution in [0.5, 0.6) is 0 Å². The maximum Gasteiger partial charge on any atom is 0.245 e. The predicted octanol–water partition coefficient (Wildman–Crippen LogP) is 4.27. The SMILES string of the molecule is Cc1ccccc1N1C=[N+](c2ccccc2C)CC1(C)C. The van der Waals surface area contributed by atoms with Crippen LogP contribution in [0.15, 0.2) is 48.5 Å². The third-order valence-corrected chi connectivity index (χ3v) is 4.26. The van der Waals surface area contributed by atoms with E-state index in [9.17, 15) is 0 Å². The van der Waals surface area contributed by atoms with Crippen molar-refractivity contribution in [1.29, 1.82) is 0 Å². The van der Waals surface area contributed by atoms with Crippen LogP contribution in [-0.4, -0.2) is 23.0 Å². The summed E-state index contributed by atoms with van der Waals surface area (Å²) in [4.78, 5) is 2.40. The lowest BCUT2D eigenvalue weighted by atomic mass is 10.0. The molecule has 1 aliphatic heterocycles. The van der Waals surface area contributed by atoms with Gasteiger partial charge in [-0.1, -0.05) is 36.4 Å². The van der Waals surface area contributed by atoms with E-state index in [0.29, 0.717) is 0 Å². The van der Waals surface area contributed by atoms with E-state index >= 15 is 0 Å². The lowest BCUT2D eigenvalue weighted by Crippen LogP contribution is -2.41. The summed E-state index contributed by atoms with van der Waals surface area (Å²) in [5, 5.41) is 0. The highest BCUT2D eigenvalue weighted by Gasteiger charge is 2.42. The molecule has 1 heterocycles. The molecule has 0 bridgehead atoms. The molecule has 0 saturated carbocycles. The minimum absolute atomic E-state index is 0.0778. The fourth-order valence-corrected chi connectivity index (χ4v) is 3.08. The van der Waals surface area contributed by atoms with Crippen LogP contribution in [0, 0.1) is 13.8 Å². The predicted molar refractivity (Wildman–Crippen MR) is 89.8 cm³/mol. The molecule has 0 aromatic heterocycles. The Morgan fingerprint density at radius 1 is 0.905 bits per heavy atom. The maximum atomic E-state index is 2.40. The number of nitrogens with zero attached hydrogens (tertiary/aromatic N) is 2. The summed E-state index contributed by atoms with van der Waals surface area (Å²) in [6.07, 6.45) is 2.25. The van der Waals surface area contributed by atoms with Crippen LogP contribution in [0.25, 0.3) is 0 Å². The topological polar surface area (TPSA) is 6.25 Å². The molecule has 0 fully saturated rings. The first-order valence-corrected chi connectivity index (χ1v) is 7.51. The Hall–Kier alpha value is -2.09.